The molecule has 3 aromatic rings. The first-order chi connectivity index (χ1) is 17.4. The number of aromatic nitrogens is 2. The molecule has 8 nitrogen and oxygen atoms in total. The second-order valence-corrected chi connectivity index (χ2v) is 8.26. The van der Waals surface area contributed by atoms with Crippen molar-refractivity contribution in [3.63, 3.8) is 0 Å². The summed E-state index contributed by atoms with van der Waals surface area (Å²) in [6.45, 7) is 6.46. The molecule has 1 atom stereocenters. The molecular weight excluding hydrogens is 487 g/mol. The number of nitrogens with one attached hydrogen (secondary N) is 2. The van der Waals surface area contributed by atoms with Gasteiger partial charge in [0.1, 0.15) is 11.5 Å². The van der Waals surface area contributed by atoms with Gasteiger partial charge in [0.15, 0.2) is 0 Å². The summed E-state index contributed by atoms with van der Waals surface area (Å²) in [7, 11) is 1.37. The van der Waals surface area contributed by atoms with Gasteiger partial charge in [0.05, 0.1) is 24.4 Å². The summed E-state index contributed by atoms with van der Waals surface area (Å²) in [6.07, 6.45) is -0.830. The van der Waals surface area contributed by atoms with Crippen molar-refractivity contribution in [2.45, 2.75) is 39.8 Å². The number of carbonyl (C=O) groups is 1. The summed E-state index contributed by atoms with van der Waals surface area (Å²) in [4.78, 5) is 21.0. The monoisotopic (exact) mass is 515 g/mol. The number of nitrogens with zero attached hydrogens (tertiary/aromatic N) is 2. The molecular formula is C26H28F3N5O3. The number of methoxy groups -OCH3 is 1. The predicted molar refractivity (Wildman–Crippen MR) is 137 cm³/mol. The highest BCUT2D eigenvalue weighted by molar-refractivity contribution is 6.02. The molecule has 0 aliphatic carbocycles. The fourth-order valence-corrected chi connectivity index (χ4v) is 3.59. The quantitative estimate of drug-likeness (QED) is 0.318. The number of halogens is 3. The van der Waals surface area contributed by atoms with Gasteiger partial charge in [-0.05, 0) is 57.5 Å². The van der Waals surface area contributed by atoms with Crippen LogP contribution in [0.5, 0.6) is 17.4 Å². The molecule has 1 aromatic heterocycles. The van der Waals surface area contributed by atoms with Crippen LogP contribution in [0.25, 0.3) is 6.08 Å². The van der Waals surface area contributed by atoms with Gasteiger partial charge in [-0.15, -0.1) is 0 Å². The summed E-state index contributed by atoms with van der Waals surface area (Å²) in [6, 6.07) is 8.25. The van der Waals surface area contributed by atoms with Crippen LogP contribution in [0, 0.1) is 13.8 Å². The van der Waals surface area contributed by atoms with Crippen molar-refractivity contribution in [2.75, 3.05) is 23.5 Å². The van der Waals surface area contributed by atoms with Gasteiger partial charge in [-0.3, -0.25) is 0 Å². The number of rotatable bonds is 7. The second-order valence-electron chi connectivity index (χ2n) is 8.26. The average Bonchev–Trinajstić information content (AvgIpc) is 2.81. The number of ether oxygens (including phenoxy) is 2. The van der Waals surface area contributed by atoms with E-state index >= 15 is 0 Å². The number of allylic oxidation sites excluding steroid dienone is 1. The average molecular weight is 516 g/mol. The summed E-state index contributed by atoms with van der Waals surface area (Å²) < 4.78 is 50.7. The first-order valence-corrected chi connectivity index (χ1v) is 11.3. The summed E-state index contributed by atoms with van der Waals surface area (Å²) >= 11 is 0. The third kappa shape index (κ3) is 6.69. The van der Waals surface area contributed by atoms with Crippen LogP contribution >= 0.6 is 0 Å². The van der Waals surface area contributed by atoms with Crippen molar-refractivity contribution in [1.82, 2.24) is 9.97 Å². The van der Waals surface area contributed by atoms with Crippen molar-refractivity contribution in [2.24, 2.45) is 0 Å². The lowest BCUT2D eigenvalue weighted by Gasteiger charge is -2.19. The van der Waals surface area contributed by atoms with Crippen LogP contribution in [0.4, 0.5) is 35.3 Å². The summed E-state index contributed by atoms with van der Waals surface area (Å²) in [5, 5.41) is 5.33. The van der Waals surface area contributed by atoms with E-state index in [2.05, 4.69) is 20.6 Å². The molecule has 1 unspecified atom stereocenters. The zero-order chi connectivity index (χ0) is 27.3. The van der Waals surface area contributed by atoms with Crippen LogP contribution in [0.3, 0.4) is 0 Å². The molecule has 0 bridgehead atoms. The van der Waals surface area contributed by atoms with Crippen LogP contribution in [0.2, 0.25) is 0 Å². The molecule has 4 N–H and O–H groups in total. The van der Waals surface area contributed by atoms with Crippen LogP contribution in [-0.4, -0.2) is 29.3 Å². The number of amides is 2. The van der Waals surface area contributed by atoms with Gasteiger partial charge in [-0.1, -0.05) is 18.2 Å². The van der Waals surface area contributed by atoms with Gasteiger partial charge in [-0.2, -0.15) is 18.2 Å². The Morgan fingerprint density at radius 2 is 1.73 bits per heavy atom. The minimum absolute atomic E-state index is 0.00357. The molecule has 0 saturated carbocycles. The predicted octanol–water partition coefficient (Wildman–Crippen LogP) is 6.82. The van der Waals surface area contributed by atoms with E-state index in [1.165, 1.54) is 25.3 Å². The molecule has 0 saturated heterocycles. The molecule has 0 fully saturated rings. The lowest BCUT2D eigenvalue weighted by Crippen LogP contribution is -2.21. The van der Waals surface area contributed by atoms with E-state index < -0.39 is 18.1 Å². The molecule has 0 aliphatic rings. The lowest BCUT2D eigenvalue weighted by atomic mass is 10.00. The van der Waals surface area contributed by atoms with E-state index in [1.807, 2.05) is 13.8 Å². The number of hydrogen-bond acceptors (Lipinski definition) is 6. The van der Waals surface area contributed by atoms with Gasteiger partial charge in [0.25, 0.3) is 0 Å². The molecule has 2 aromatic carbocycles. The molecule has 0 radical (unpaired) electrons. The lowest BCUT2D eigenvalue weighted by molar-refractivity contribution is -0.146. The van der Waals surface area contributed by atoms with Gasteiger partial charge in [0, 0.05) is 22.9 Å². The molecule has 1 heterocycles. The maximum absolute atomic E-state index is 13.2. The fraction of sp³-hybridized carbons (Fsp3) is 0.269. The standard InChI is InChI=1S/C26H28F3N5O3/c1-6-7-18-15(3)21(37-23-12-14(2)31-24(30)34-23)11-9-19(18)32-25(35)33-20-13-17(8-10-22(20)36-5)16(4)26(27,28)29/h6-13,16H,1-5H3,(H2,30,31,34)(H2,32,33,35)/b7-6-. The molecule has 196 valence electrons. The third-order valence-electron chi connectivity index (χ3n) is 5.57. The highest BCUT2D eigenvalue weighted by Crippen LogP contribution is 2.38. The fourth-order valence-electron chi connectivity index (χ4n) is 3.59. The Hall–Kier alpha value is -4.28. The highest BCUT2D eigenvalue weighted by atomic mass is 19.4. The van der Waals surface area contributed by atoms with Crippen molar-refractivity contribution >= 4 is 29.4 Å². The number of anilines is 3. The van der Waals surface area contributed by atoms with Gasteiger partial charge < -0.3 is 25.8 Å². The third-order valence-corrected chi connectivity index (χ3v) is 5.57. The Kier molecular flexibility index (Phi) is 8.26. The molecule has 0 aliphatic heterocycles. The van der Waals surface area contributed by atoms with Gasteiger partial charge >= 0.3 is 12.2 Å². The maximum atomic E-state index is 13.2. The van der Waals surface area contributed by atoms with Crippen LogP contribution in [-0.2, 0) is 0 Å². The number of nitrogens with two attached hydrogens (primary N) is 1. The number of nitrogen functional groups attached to an aromatic ring is 1. The number of aryl methyl sites for hydroxylation is 1. The number of hydrogen-bond donors (Lipinski definition) is 3. The first-order valence-electron chi connectivity index (χ1n) is 11.3. The van der Waals surface area contributed by atoms with E-state index in [-0.39, 0.29) is 28.8 Å². The summed E-state index contributed by atoms with van der Waals surface area (Å²) in [5.74, 6) is -0.639. The van der Waals surface area contributed by atoms with E-state index in [9.17, 15) is 18.0 Å². The maximum Gasteiger partial charge on any atom is 0.395 e. The number of benzene rings is 2. The van der Waals surface area contributed by atoms with Crippen LogP contribution in [0.1, 0.15) is 42.1 Å². The number of urea groups is 1. The Morgan fingerprint density at radius 3 is 2.35 bits per heavy atom. The smallest absolute Gasteiger partial charge is 0.395 e. The van der Waals surface area contributed by atoms with Crippen LogP contribution in [0.15, 0.2) is 42.5 Å². The van der Waals surface area contributed by atoms with E-state index in [4.69, 9.17) is 15.2 Å². The highest BCUT2D eigenvalue weighted by Gasteiger charge is 2.37. The topological polar surface area (TPSA) is 111 Å². The second kappa shape index (κ2) is 11.2. The largest absolute Gasteiger partial charge is 0.495 e. The Labute approximate surface area is 212 Å². The minimum atomic E-state index is -4.42. The number of carbonyl (C=O) groups excluding carboxylic acids is 1. The van der Waals surface area contributed by atoms with Crippen molar-refractivity contribution in [3.8, 4) is 17.4 Å². The zero-order valence-electron chi connectivity index (χ0n) is 21.0. The zero-order valence-corrected chi connectivity index (χ0v) is 21.0. The molecule has 3 rings (SSSR count). The first kappa shape index (κ1) is 27.3. The Bertz CT molecular complexity index is 1310. The van der Waals surface area contributed by atoms with Crippen LogP contribution < -0.4 is 25.8 Å². The van der Waals surface area contributed by atoms with Crippen molar-refractivity contribution < 1.29 is 27.4 Å². The van der Waals surface area contributed by atoms with Gasteiger partial charge in [-0.25, -0.2) is 9.78 Å². The molecule has 37 heavy (non-hydrogen) atoms. The summed E-state index contributed by atoms with van der Waals surface area (Å²) in [5.41, 5.74) is 8.29. The van der Waals surface area contributed by atoms with E-state index in [0.717, 1.165) is 6.92 Å². The Balaban J connectivity index is 1.87. The molecule has 2 amide bonds. The SMILES string of the molecule is C/C=C\c1c(NC(=O)Nc2cc(C(C)C(F)(F)F)ccc2OC)ccc(Oc2cc(C)nc(N)n2)c1C. The molecule has 0 spiro atoms. The van der Waals surface area contributed by atoms with Crippen molar-refractivity contribution in [1.29, 1.82) is 0 Å². The van der Waals surface area contributed by atoms with E-state index in [1.54, 1.807) is 37.3 Å². The van der Waals surface area contributed by atoms with E-state index in [0.29, 0.717) is 28.3 Å². The number of alkyl halides is 3. The minimum Gasteiger partial charge on any atom is -0.495 e. The molecule has 11 heteroatoms. The van der Waals surface area contributed by atoms with Crippen molar-refractivity contribution in [3.05, 3.63) is 64.9 Å². The Morgan fingerprint density at radius 1 is 1.05 bits per heavy atom. The normalized spacial score (nSPS) is 12.3. The van der Waals surface area contributed by atoms with Gasteiger partial charge in [0.2, 0.25) is 11.8 Å².